The number of nitrogens with zero attached hydrogens (tertiary/aromatic N) is 2. The number of ether oxygens (including phenoxy) is 1. The fraction of sp³-hybridized carbons (Fsp3) is 0.182. The molecule has 8 nitrogen and oxygen atoms in total. The molecular weight excluding hydrogens is 448 g/mol. The number of methoxy groups -OCH3 is 1. The Hall–Kier alpha value is -2.89. The summed E-state index contributed by atoms with van der Waals surface area (Å²) in [5.74, 6) is 0.584. The molecule has 166 valence electrons. The normalized spacial score (nSPS) is 12.8. The van der Waals surface area contributed by atoms with Gasteiger partial charge in [0.1, 0.15) is 10.7 Å². The van der Waals surface area contributed by atoms with Crippen LogP contribution in [0.2, 0.25) is 0 Å². The van der Waals surface area contributed by atoms with Gasteiger partial charge in [0.05, 0.1) is 28.2 Å². The van der Waals surface area contributed by atoms with Crippen molar-refractivity contribution in [2.24, 2.45) is 5.73 Å². The molecule has 2 heterocycles. The highest BCUT2D eigenvalue weighted by molar-refractivity contribution is 7.85. The van der Waals surface area contributed by atoms with Gasteiger partial charge in [-0.1, -0.05) is 53.8 Å². The zero-order valence-electron chi connectivity index (χ0n) is 17.2. The molecule has 32 heavy (non-hydrogen) atoms. The van der Waals surface area contributed by atoms with Crippen LogP contribution in [0.3, 0.4) is 0 Å². The molecule has 0 spiro atoms. The maximum absolute atomic E-state index is 11.4. The van der Waals surface area contributed by atoms with Crippen LogP contribution in [-0.2, 0) is 21.3 Å². The van der Waals surface area contributed by atoms with Gasteiger partial charge in [-0.15, -0.1) is 0 Å². The molecule has 0 radical (unpaired) electrons. The quantitative estimate of drug-likeness (QED) is 0.349. The van der Waals surface area contributed by atoms with Crippen molar-refractivity contribution in [2.75, 3.05) is 19.5 Å². The van der Waals surface area contributed by atoms with Gasteiger partial charge in [-0.3, -0.25) is 4.55 Å². The standard InChI is InChI=1S/C22H22N4O4S2/c1-30-12-11-16-25-20(19(23)14-7-9-15(10-8-14)32(27,28)29)18-17(13-5-3-2-4-6-13)21(24)31-22(18)26-16/h2-10,19H,11-12,23-24H2,1H3,(H,27,28,29). The zero-order valence-corrected chi connectivity index (χ0v) is 18.9. The van der Waals surface area contributed by atoms with E-state index < -0.39 is 16.2 Å². The van der Waals surface area contributed by atoms with Crippen molar-refractivity contribution >= 4 is 36.7 Å². The molecule has 0 saturated heterocycles. The average molecular weight is 471 g/mol. The molecule has 0 bridgehead atoms. The smallest absolute Gasteiger partial charge is 0.294 e. The molecule has 0 aliphatic rings. The number of nitrogens with two attached hydrogens (primary N) is 2. The van der Waals surface area contributed by atoms with Crippen LogP contribution in [0.5, 0.6) is 0 Å². The Morgan fingerprint density at radius 2 is 1.78 bits per heavy atom. The van der Waals surface area contributed by atoms with Crippen LogP contribution in [0.4, 0.5) is 5.00 Å². The second kappa shape index (κ2) is 8.93. The fourth-order valence-corrected chi connectivity index (χ4v) is 4.99. The Labute approximate surface area is 189 Å². The van der Waals surface area contributed by atoms with E-state index >= 15 is 0 Å². The van der Waals surface area contributed by atoms with Crippen molar-refractivity contribution < 1.29 is 17.7 Å². The molecule has 0 fully saturated rings. The van der Waals surface area contributed by atoms with Crippen LogP contribution in [0.1, 0.15) is 23.1 Å². The third kappa shape index (κ3) is 4.36. The van der Waals surface area contributed by atoms with Crippen molar-refractivity contribution in [2.45, 2.75) is 17.4 Å². The molecule has 0 aliphatic carbocycles. The third-order valence-electron chi connectivity index (χ3n) is 5.08. The van der Waals surface area contributed by atoms with Crippen molar-refractivity contribution in [1.82, 2.24) is 9.97 Å². The second-order valence-corrected chi connectivity index (χ2v) is 9.63. The number of hydrogen-bond acceptors (Lipinski definition) is 8. The van der Waals surface area contributed by atoms with E-state index in [1.54, 1.807) is 19.2 Å². The minimum atomic E-state index is -4.30. The van der Waals surface area contributed by atoms with Crippen molar-refractivity contribution in [3.8, 4) is 11.1 Å². The molecule has 1 atom stereocenters. The fourth-order valence-electron chi connectivity index (χ4n) is 3.52. The van der Waals surface area contributed by atoms with Gasteiger partial charge >= 0.3 is 0 Å². The summed E-state index contributed by atoms with van der Waals surface area (Å²) in [6.45, 7) is 0.454. The lowest BCUT2D eigenvalue weighted by Gasteiger charge is -2.16. The molecule has 4 aromatic rings. The molecule has 0 aliphatic heterocycles. The first-order valence-corrected chi connectivity index (χ1v) is 12.0. The average Bonchev–Trinajstić information content (AvgIpc) is 3.12. The van der Waals surface area contributed by atoms with E-state index in [-0.39, 0.29) is 4.90 Å². The van der Waals surface area contributed by atoms with E-state index in [2.05, 4.69) is 4.98 Å². The Morgan fingerprint density at radius 3 is 2.41 bits per heavy atom. The lowest BCUT2D eigenvalue weighted by molar-refractivity contribution is 0.200. The summed E-state index contributed by atoms with van der Waals surface area (Å²) < 4.78 is 37.2. The van der Waals surface area contributed by atoms with Gasteiger partial charge in [0.15, 0.2) is 0 Å². The van der Waals surface area contributed by atoms with Gasteiger partial charge in [0.2, 0.25) is 0 Å². The highest BCUT2D eigenvalue weighted by Crippen LogP contribution is 2.43. The lowest BCUT2D eigenvalue weighted by atomic mass is 9.97. The summed E-state index contributed by atoms with van der Waals surface area (Å²) >= 11 is 1.37. The number of fused-ring (bicyclic) bond motifs is 1. The first kappa shape index (κ1) is 22.3. The molecule has 4 rings (SSSR count). The number of thiophene rings is 1. The molecule has 2 aromatic heterocycles. The molecule has 0 amide bonds. The second-order valence-electron chi connectivity index (χ2n) is 7.18. The summed E-state index contributed by atoms with van der Waals surface area (Å²) in [5, 5.41) is 1.38. The van der Waals surface area contributed by atoms with Gasteiger partial charge in [-0.05, 0) is 23.3 Å². The van der Waals surface area contributed by atoms with E-state index in [0.717, 1.165) is 21.3 Å². The number of benzene rings is 2. The molecule has 2 aromatic carbocycles. The van der Waals surface area contributed by atoms with Crippen LogP contribution < -0.4 is 11.5 Å². The summed E-state index contributed by atoms with van der Waals surface area (Å²) in [6.07, 6.45) is 0.506. The first-order valence-electron chi connectivity index (χ1n) is 9.75. The van der Waals surface area contributed by atoms with Gasteiger partial charge in [0.25, 0.3) is 10.1 Å². The molecule has 5 N–H and O–H groups in total. The molecule has 10 heteroatoms. The summed E-state index contributed by atoms with van der Waals surface area (Å²) in [6, 6.07) is 14.8. The van der Waals surface area contributed by atoms with E-state index in [1.165, 1.54) is 23.5 Å². The molecular formula is C22H22N4O4S2. The van der Waals surface area contributed by atoms with E-state index in [1.807, 2.05) is 30.3 Å². The highest BCUT2D eigenvalue weighted by Gasteiger charge is 2.23. The Balaban J connectivity index is 1.91. The van der Waals surface area contributed by atoms with Gasteiger partial charge < -0.3 is 16.2 Å². The number of rotatable bonds is 7. The van der Waals surface area contributed by atoms with Crippen LogP contribution in [0, 0.1) is 0 Å². The van der Waals surface area contributed by atoms with Crippen LogP contribution in [0.25, 0.3) is 21.3 Å². The van der Waals surface area contributed by atoms with Gasteiger partial charge in [0, 0.05) is 24.5 Å². The Kier molecular flexibility index (Phi) is 6.22. The first-order chi connectivity index (χ1) is 15.3. The SMILES string of the molecule is COCCc1nc(C(N)c2ccc(S(=O)(=O)O)cc2)c2c(-c3ccccc3)c(N)sc2n1. The van der Waals surface area contributed by atoms with Crippen molar-refractivity contribution in [3.63, 3.8) is 0 Å². The summed E-state index contributed by atoms with van der Waals surface area (Å²) in [5.41, 5.74) is 16.0. The number of nitrogen functional groups attached to an aromatic ring is 1. The predicted octanol–water partition coefficient (Wildman–Crippen LogP) is 3.42. The summed E-state index contributed by atoms with van der Waals surface area (Å²) in [4.78, 5) is 9.96. The third-order valence-corrected chi connectivity index (χ3v) is 6.86. The summed E-state index contributed by atoms with van der Waals surface area (Å²) in [7, 11) is -2.69. The zero-order chi connectivity index (χ0) is 22.9. The Bertz CT molecular complexity index is 1350. The van der Waals surface area contributed by atoms with Crippen LogP contribution >= 0.6 is 11.3 Å². The maximum atomic E-state index is 11.4. The highest BCUT2D eigenvalue weighted by atomic mass is 32.2. The monoisotopic (exact) mass is 470 g/mol. The lowest BCUT2D eigenvalue weighted by Crippen LogP contribution is -2.16. The van der Waals surface area contributed by atoms with Gasteiger partial charge in [-0.25, -0.2) is 9.97 Å². The van der Waals surface area contributed by atoms with E-state index in [4.69, 9.17) is 21.2 Å². The molecule has 1 unspecified atom stereocenters. The van der Waals surface area contributed by atoms with Crippen molar-refractivity contribution in [1.29, 1.82) is 0 Å². The largest absolute Gasteiger partial charge is 0.390 e. The predicted molar refractivity (Wildman–Crippen MR) is 125 cm³/mol. The van der Waals surface area contributed by atoms with Crippen molar-refractivity contribution in [3.05, 3.63) is 71.7 Å². The molecule has 0 saturated carbocycles. The number of anilines is 1. The van der Waals surface area contributed by atoms with E-state index in [0.29, 0.717) is 35.1 Å². The van der Waals surface area contributed by atoms with E-state index in [9.17, 15) is 13.0 Å². The topological polar surface area (TPSA) is 141 Å². The number of hydrogen-bond donors (Lipinski definition) is 3. The maximum Gasteiger partial charge on any atom is 0.294 e. The van der Waals surface area contributed by atoms with Gasteiger partial charge in [-0.2, -0.15) is 8.42 Å². The van der Waals surface area contributed by atoms with Crippen LogP contribution in [0.15, 0.2) is 59.5 Å². The van der Waals surface area contributed by atoms with Crippen LogP contribution in [-0.4, -0.2) is 36.7 Å². The minimum Gasteiger partial charge on any atom is -0.390 e. The number of aromatic nitrogens is 2. The Morgan fingerprint density at radius 1 is 1.09 bits per heavy atom. The minimum absolute atomic E-state index is 0.202.